The Balaban J connectivity index is 0.00000312. The van der Waals surface area contributed by atoms with Gasteiger partial charge in [0.25, 0.3) is 5.91 Å². The summed E-state index contributed by atoms with van der Waals surface area (Å²) in [6.07, 6.45) is 0. The number of hydrogen-bond donors (Lipinski definition) is 1. The van der Waals surface area contributed by atoms with Crippen molar-refractivity contribution in [1.82, 2.24) is 10.2 Å². The first-order valence-corrected chi connectivity index (χ1v) is 7.78. The van der Waals surface area contributed by atoms with Gasteiger partial charge in [-0.1, -0.05) is 18.2 Å². The van der Waals surface area contributed by atoms with Crippen molar-refractivity contribution < 1.29 is 14.3 Å². The van der Waals surface area contributed by atoms with Crippen LogP contribution in [0.15, 0.2) is 48.5 Å². The summed E-state index contributed by atoms with van der Waals surface area (Å²) in [6.45, 7) is 0.484. The molecule has 2 rings (SSSR count). The number of halogens is 1. The number of amides is 1. The van der Waals surface area contributed by atoms with Crippen LogP contribution in [0, 0.1) is 0 Å². The first-order chi connectivity index (χ1) is 11.6. The molecule has 25 heavy (non-hydrogen) atoms. The average Bonchev–Trinajstić information content (AvgIpc) is 2.62. The normalized spacial score (nSPS) is 11.4. The van der Waals surface area contributed by atoms with Gasteiger partial charge in [-0.3, -0.25) is 4.79 Å². The van der Waals surface area contributed by atoms with Crippen LogP contribution in [0.4, 0.5) is 0 Å². The van der Waals surface area contributed by atoms with Gasteiger partial charge in [0.05, 0.1) is 20.3 Å². The maximum Gasteiger partial charge on any atom is 0.251 e. The van der Waals surface area contributed by atoms with E-state index in [0.29, 0.717) is 12.1 Å². The van der Waals surface area contributed by atoms with Gasteiger partial charge in [0, 0.05) is 17.7 Å². The molecule has 1 amide bonds. The molecule has 5 nitrogen and oxygen atoms in total. The molecule has 0 fully saturated rings. The maximum absolute atomic E-state index is 12.4. The summed E-state index contributed by atoms with van der Waals surface area (Å²) in [5.74, 6) is 1.43. The van der Waals surface area contributed by atoms with Gasteiger partial charge in [-0.15, -0.1) is 12.4 Å². The summed E-state index contributed by atoms with van der Waals surface area (Å²) in [7, 11) is 7.22. The summed E-state index contributed by atoms with van der Waals surface area (Å²) in [4.78, 5) is 14.4. The third-order valence-electron chi connectivity index (χ3n) is 3.93. The molecule has 0 radical (unpaired) electrons. The Morgan fingerprint density at radius 3 is 2.24 bits per heavy atom. The molecule has 136 valence electrons. The van der Waals surface area contributed by atoms with Crippen molar-refractivity contribution >= 4 is 18.3 Å². The number of likely N-dealkylation sites (N-methyl/N-ethyl adjacent to an activating group) is 1. The maximum atomic E-state index is 12.4. The minimum Gasteiger partial charge on any atom is -0.497 e. The highest BCUT2D eigenvalue weighted by Gasteiger charge is 2.19. The molecule has 0 aromatic heterocycles. The van der Waals surface area contributed by atoms with Crippen molar-refractivity contribution in [3.63, 3.8) is 0 Å². The molecule has 1 atom stereocenters. The Kier molecular flexibility index (Phi) is 8.25. The summed E-state index contributed by atoms with van der Waals surface area (Å²) < 4.78 is 10.5. The summed E-state index contributed by atoms with van der Waals surface area (Å²) in [5, 5.41) is 2.99. The Labute approximate surface area is 155 Å². The summed E-state index contributed by atoms with van der Waals surface area (Å²) in [5.41, 5.74) is 1.65. The van der Waals surface area contributed by atoms with Gasteiger partial charge in [0.2, 0.25) is 0 Å². The monoisotopic (exact) mass is 364 g/mol. The fraction of sp³-hybridized carbons (Fsp3) is 0.316. The van der Waals surface area contributed by atoms with Gasteiger partial charge in [-0.05, 0) is 44.4 Å². The number of hydrogen-bond acceptors (Lipinski definition) is 4. The number of benzene rings is 2. The van der Waals surface area contributed by atoms with Crippen molar-refractivity contribution in [2.75, 3.05) is 34.9 Å². The van der Waals surface area contributed by atoms with E-state index in [2.05, 4.69) is 10.2 Å². The van der Waals surface area contributed by atoms with E-state index in [1.54, 1.807) is 38.5 Å². The Morgan fingerprint density at radius 1 is 1.04 bits per heavy atom. The van der Waals surface area contributed by atoms with Crippen LogP contribution in [-0.2, 0) is 0 Å². The average molecular weight is 365 g/mol. The van der Waals surface area contributed by atoms with Gasteiger partial charge in [-0.25, -0.2) is 0 Å². The lowest BCUT2D eigenvalue weighted by Gasteiger charge is -2.26. The van der Waals surface area contributed by atoms with Gasteiger partial charge in [0.15, 0.2) is 0 Å². The minimum atomic E-state index is -0.112. The first kappa shape index (κ1) is 20.8. The van der Waals surface area contributed by atoms with Gasteiger partial charge < -0.3 is 19.7 Å². The highest BCUT2D eigenvalue weighted by molar-refractivity contribution is 5.94. The van der Waals surface area contributed by atoms with E-state index >= 15 is 0 Å². The first-order valence-electron chi connectivity index (χ1n) is 7.78. The molecular formula is C19H25ClN2O3. The molecule has 0 saturated carbocycles. The molecule has 0 aliphatic rings. The number of nitrogens with zero attached hydrogens (tertiary/aromatic N) is 1. The molecule has 1 N–H and O–H groups in total. The zero-order valence-electron chi connectivity index (χ0n) is 15.0. The highest BCUT2D eigenvalue weighted by Crippen LogP contribution is 2.27. The zero-order chi connectivity index (χ0) is 17.5. The topological polar surface area (TPSA) is 50.8 Å². The molecule has 2 aromatic rings. The third-order valence-corrected chi connectivity index (χ3v) is 3.93. The quantitative estimate of drug-likeness (QED) is 0.820. The largest absolute Gasteiger partial charge is 0.497 e. The van der Waals surface area contributed by atoms with E-state index in [0.717, 1.165) is 17.1 Å². The van der Waals surface area contributed by atoms with Crippen LogP contribution in [0.3, 0.4) is 0 Å². The van der Waals surface area contributed by atoms with E-state index in [1.807, 2.05) is 38.4 Å². The second-order valence-corrected chi connectivity index (χ2v) is 5.66. The Morgan fingerprint density at radius 2 is 1.68 bits per heavy atom. The number of ether oxygens (including phenoxy) is 2. The van der Waals surface area contributed by atoms with Crippen LogP contribution >= 0.6 is 12.4 Å². The van der Waals surface area contributed by atoms with Gasteiger partial charge in [-0.2, -0.15) is 0 Å². The van der Waals surface area contributed by atoms with E-state index in [9.17, 15) is 4.79 Å². The standard InChI is InChI=1S/C19H24N2O3.ClH/c1-21(2)17(16-7-5-6-8-18(16)24-4)13-20-19(22)14-9-11-15(23-3)12-10-14;/h5-12,17H,13H2,1-4H3,(H,20,22);1H. The van der Waals surface area contributed by atoms with Gasteiger partial charge >= 0.3 is 0 Å². The van der Waals surface area contributed by atoms with Crippen molar-refractivity contribution in [3.05, 3.63) is 59.7 Å². The van der Waals surface area contributed by atoms with Crippen LogP contribution in [0.2, 0.25) is 0 Å². The molecular weight excluding hydrogens is 340 g/mol. The number of carbonyl (C=O) groups excluding carboxylic acids is 1. The lowest BCUT2D eigenvalue weighted by Crippen LogP contribution is -2.34. The fourth-order valence-corrected chi connectivity index (χ4v) is 2.55. The zero-order valence-corrected chi connectivity index (χ0v) is 15.8. The Hall–Kier alpha value is -2.24. The number of para-hydroxylation sites is 1. The van der Waals surface area contributed by atoms with E-state index in [4.69, 9.17) is 9.47 Å². The number of methoxy groups -OCH3 is 2. The SMILES string of the molecule is COc1ccc(C(=O)NCC(c2ccccc2OC)N(C)C)cc1.Cl. The lowest BCUT2D eigenvalue weighted by molar-refractivity contribution is 0.0941. The van der Waals surface area contributed by atoms with Gasteiger partial charge in [0.1, 0.15) is 11.5 Å². The lowest BCUT2D eigenvalue weighted by atomic mass is 10.0. The molecule has 0 spiro atoms. The highest BCUT2D eigenvalue weighted by atomic mass is 35.5. The molecule has 0 bridgehead atoms. The predicted octanol–water partition coefficient (Wildman–Crippen LogP) is 3.16. The van der Waals surface area contributed by atoms with E-state index in [-0.39, 0.29) is 24.4 Å². The number of rotatable bonds is 7. The smallest absolute Gasteiger partial charge is 0.251 e. The number of carbonyl (C=O) groups is 1. The van der Waals surface area contributed by atoms with Crippen molar-refractivity contribution in [2.45, 2.75) is 6.04 Å². The second kappa shape index (κ2) is 9.91. The molecule has 0 aliphatic heterocycles. The van der Waals surface area contributed by atoms with Crippen molar-refractivity contribution in [2.24, 2.45) is 0 Å². The second-order valence-electron chi connectivity index (χ2n) is 5.66. The molecule has 6 heteroatoms. The molecule has 2 aromatic carbocycles. The minimum absolute atomic E-state index is 0. The van der Waals surface area contributed by atoms with Crippen molar-refractivity contribution in [1.29, 1.82) is 0 Å². The summed E-state index contributed by atoms with van der Waals surface area (Å²) >= 11 is 0. The molecule has 0 aliphatic carbocycles. The van der Waals surface area contributed by atoms with Crippen LogP contribution in [0.1, 0.15) is 22.0 Å². The van der Waals surface area contributed by atoms with Crippen LogP contribution in [0.5, 0.6) is 11.5 Å². The van der Waals surface area contributed by atoms with Crippen LogP contribution in [0.25, 0.3) is 0 Å². The third kappa shape index (κ3) is 5.37. The van der Waals surface area contributed by atoms with E-state index < -0.39 is 0 Å². The Bertz CT molecular complexity index is 675. The van der Waals surface area contributed by atoms with Crippen LogP contribution in [-0.4, -0.2) is 45.7 Å². The fourth-order valence-electron chi connectivity index (χ4n) is 2.55. The summed E-state index contributed by atoms with van der Waals surface area (Å²) in [6, 6.07) is 14.9. The molecule has 0 saturated heterocycles. The van der Waals surface area contributed by atoms with Crippen LogP contribution < -0.4 is 14.8 Å². The number of nitrogens with one attached hydrogen (secondary N) is 1. The van der Waals surface area contributed by atoms with E-state index in [1.165, 1.54) is 0 Å². The predicted molar refractivity (Wildman–Crippen MR) is 102 cm³/mol. The van der Waals surface area contributed by atoms with Crippen molar-refractivity contribution in [3.8, 4) is 11.5 Å². The molecule has 1 unspecified atom stereocenters. The molecule has 0 heterocycles.